The van der Waals surface area contributed by atoms with E-state index in [1.807, 2.05) is 60.7 Å². The van der Waals surface area contributed by atoms with Gasteiger partial charge in [-0.05, 0) is 36.4 Å². The van der Waals surface area contributed by atoms with Crippen LogP contribution in [0.1, 0.15) is 0 Å². The van der Waals surface area contributed by atoms with Crippen LogP contribution in [0.15, 0.2) is 148 Å². The number of nitrogens with zero attached hydrogens (tertiary/aromatic N) is 3. The predicted molar refractivity (Wildman–Crippen MR) is 182 cm³/mol. The van der Waals surface area contributed by atoms with E-state index in [1.165, 1.54) is 5.39 Å². The molecule has 0 N–H and O–H groups in total. The van der Waals surface area contributed by atoms with Gasteiger partial charge in [0.25, 0.3) is 0 Å². The van der Waals surface area contributed by atoms with Gasteiger partial charge in [0, 0.05) is 43.7 Å². The van der Waals surface area contributed by atoms with Gasteiger partial charge < -0.3 is 13.4 Å². The summed E-state index contributed by atoms with van der Waals surface area (Å²) in [7, 11) is 0. The van der Waals surface area contributed by atoms with Crippen LogP contribution in [-0.4, -0.2) is 14.5 Å². The normalized spacial score (nSPS) is 12.0. The highest BCUT2D eigenvalue weighted by molar-refractivity contribution is 6.21. The lowest BCUT2D eigenvalue weighted by atomic mass is 10.0. The summed E-state index contributed by atoms with van der Waals surface area (Å²) in [5.41, 5.74) is 9.07. The number of furan rings is 2. The van der Waals surface area contributed by atoms with Crippen molar-refractivity contribution in [3.8, 4) is 28.3 Å². The first kappa shape index (κ1) is 24.3. The lowest BCUT2D eigenvalue weighted by Crippen LogP contribution is -1.97. The van der Waals surface area contributed by atoms with E-state index in [9.17, 15) is 0 Å². The Bertz CT molecular complexity index is 2770. The maximum absolute atomic E-state index is 6.58. The topological polar surface area (TPSA) is 57.0 Å². The smallest absolute Gasteiger partial charge is 0.231 e. The van der Waals surface area contributed by atoms with Crippen LogP contribution in [0.4, 0.5) is 0 Å². The quantitative estimate of drug-likeness (QED) is 0.210. The van der Waals surface area contributed by atoms with Gasteiger partial charge in [0.1, 0.15) is 11.2 Å². The molecular weight excluding hydrogens is 554 g/mol. The summed E-state index contributed by atoms with van der Waals surface area (Å²) in [4.78, 5) is 10.1. The molecule has 10 rings (SSSR count). The van der Waals surface area contributed by atoms with Gasteiger partial charge in [0.05, 0.1) is 22.1 Å². The first-order chi connectivity index (χ1) is 22.3. The van der Waals surface area contributed by atoms with Gasteiger partial charge >= 0.3 is 0 Å². The molecule has 0 aliphatic carbocycles. The standard InChI is InChI=1S/C40H23N3O2/c1-2-11-24(12-3-1)39-41-36(35-31-17-6-9-20-34(31)45-40(35)42-39)25-13-10-14-26(23-25)43-32-18-7-4-15-27(32)29-21-22-30-28-16-5-8-19-33(28)44-38(30)37(29)43/h1-23H. The van der Waals surface area contributed by atoms with Crippen molar-refractivity contribution in [3.63, 3.8) is 0 Å². The molecule has 4 aromatic heterocycles. The lowest BCUT2D eigenvalue weighted by Gasteiger charge is -2.11. The van der Waals surface area contributed by atoms with Gasteiger partial charge in [0.15, 0.2) is 11.4 Å². The van der Waals surface area contributed by atoms with Crippen molar-refractivity contribution in [1.29, 1.82) is 0 Å². The Morgan fingerprint density at radius 1 is 0.489 bits per heavy atom. The molecule has 6 aromatic carbocycles. The summed E-state index contributed by atoms with van der Waals surface area (Å²) in [5.74, 6) is 0.628. The van der Waals surface area contributed by atoms with Crippen molar-refractivity contribution >= 4 is 65.8 Å². The average Bonchev–Trinajstić information content (AvgIpc) is 3.78. The largest absolute Gasteiger partial charge is 0.454 e. The molecule has 0 fully saturated rings. The van der Waals surface area contributed by atoms with Crippen LogP contribution in [-0.2, 0) is 0 Å². The molecule has 0 saturated heterocycles. The molecule has 5 nitrogen and oxygen atoms in total. The van der Waals surface area contributed by atoms with E-state index in [-0.39, 0.29) is 0 Å². The van der Waals surface area contributed by atoms with Crippen LogP contribution < -0.4 is 0 Å². The fourth-order valence-electron chi connectivity index (χ4n) is 6.84. The van der Waals surface area contributed by atoms with Crippen LogP contribution in [0.5, 0.6) is 0 Å². The molecule has 0 spiro atoms. The molecular formula is C40H23N3O2. The Labute approximate surface area is 256 Å². The van der Waals surface area contributed by atoms with Gasteiger partial charge in [-0.2, -0.15) is 4.98 Å². The molecule has 210 valence electrons. The molecule has 5 heteroatoms. The fourth-order valence-corrected chi connectivity index (χ4v) is 6.84. The van der Waals surface area contributed by atoms with Crippen molar-refractivity contribution in [2.45, 2.75) is 0 Å². The number of hydrogen-bond acceptors (Lipinski definition) is 4. The van der Waals surface area contributed by atoms with Crippen molar-refractivity contribution < 1.29 is 8.83 Å². The molecule has 45 heavy (non-hydrogen) atoms. The van der Waals surface area contributed by atoms with Gasteiger partial charge in [-0.15, -0.1) is 0 Å². The molecule has 0 bridgehead atoms. The van der Waals surface area contributed by atoms with Gasteiger partial charge in [-0.1, -0.05) is 103 Å². The molecule has 10 aromatic rings. The number of rotatable bonds is 3. The Morgan fingerprint density at radius 2 is 1.18 bits per heavy atom. The first-order valence-corrected chi connectivity index (χ1v) is 15.0. The van der Waals surface area contributed by atoms with Gasteiger partial charge in [-0.25, -0.2) is 4.98 Å². The summed E-state index contributed by atoms with van der Waals surface area (Å²) in [6.07, 6.45) is 0. The maximum Gasteiger partial charge on any atom is 0.231 e. The third-order valence-corrected chi connectivity index (χ3v) is 8.83. The predicted octanol–water partition coefficient (Wildman–Crippen LogP) is 10.7. The number of hydrogen-bond donors (Lipinski definition) is 0. The minimum absolute atomic E-state index is 0.575. The molecule has 0 amide bonds. The van der Waals surface area contributed by atoms with E-state index in [2.05, 4.69) is 83.4 Å². The minimum atomic E-state index is 0.575. The van der Waals surface area contributed by atoms with E-state index in [1.54, 1.807) is 0 Å². The second-order valence-electron chi connectivity index (χ2n) is 11.4. The number of benzene rings is 6. The zero-order valence-corrected chi connectivity index (χ0v) is 23.9. The van der Waals surface area contributed by atoms with E-state index >= 15 is 0 Å². The number of para-hydroxylation sites is 3. The first-order valence-electron chi connectivity index (χ1n) is 15.0. The van der Waals surface area contributed by atoms with Crippen LogP contribution in [0.25, 0.3) is 94.1 Å². The van der Waals surface area contributed by atoms with Crippen molar-refractivity contribution in [3.05, 3.63) is 140 Å². The molecule has 0 saturated carbocycles. The van der Waals surface area contributed by atoms with Crippen LogP contribution >= 0.6 is 0 Å². The summed E-state index contributed by atoms with van der Waals surface area (Å²) >= 11 is 0. The van der Waals surface area contributed by atoms with Crippen molar-refractivity contribution in [1.82, 2.24) is 14.5 Å². The Hall–Kier alpha value is -6.20. The SMILES string of the molecule is c1ccc(-c2nc(-c3cccc(-n4c5ccccc5c5ccc6c7ccccc7oc6c54)c3)c3c(n2)oc2ccccc23)cc1. The number of fused-ring (bicyclic) bond motifs is 10. The Balaban J connectivity index is 1.29. The molecule has 0 aliphatic heterocycles. The van der Waals surface area contributed by atoms with Gasteiger partial charge in [-0.3, -0.25) is 0 Å². The second kappa shape index (κ2) is 9.15. The molecule has 0 atom stereocenters. The lowest BCUT2D eigenvalue weighted by molar-refractivity contribution is 0.653. The van der Waals surface area contributed by atoms with Crippen molar-refractivity contribution in [2.24, 2.45) is 0 Å². The Morgan fingerprint density at radius 3 is 2.04 bits per heavy atom. The molecule has 0 aliphatic rings. The zero-order chi connectivity index (χ0) is 29.5. The van der Waals surface area contributed by atoms with Crippen LogP contribution in [0, 0.1) is 0 Å². The monoisotopic (exact) mass is 577 g/mol. The highest BCUT2D eigenvalue weighted by Gasteiger charge is 2.21. The van der Waals surface area contributed by atoms with Gasteiger partial charge in [0.2, 0.25) is 5.71 Å². The highest BCUT2D eigenvalue weighted by atomic mass is 16.3. The maximum atomic E-state index is 6.58. The number of aromatic nitrogens is 3. The zero-order valence-electron chi connectivity index (χ0n) is 23.9. The van der Waals surface area contributed by atoms with Crippen molar-refractivity contribution in [2.75, 3.05) is 0 Å². The third kappa shape index (κ3) is 3.49. The second-order valence-corrected chi connectivity index (χ2v) is 11.4. The third-order valence-electron chi connectivity index (χ3n) is 8.83. The van der Waals surface area contributed by atoms with Crippen LogP contribution in [0.3, 0.4) is 0 Å². The van der Waals surface area contributed by atoms with E-state index in [4.69, 9.17) is 18.8 Å². The summed E-state index contributed by atoms with van der Waals surface area (Å²) < 4.78 is 15.2. The summed E-state index contributed by atoms with van der Waals surface area (Å²) in [6, 6.07) is 47.9. The Kier molecular flexibility index (Phi) is 4.93. The van der Waals surface area contributed by atoms with E-state index in [0.29, 0.717) is 11.5 Å². The van der Waals surface area contributed by atoms with Crippen LogP contribution in [0.2, 0.25) is 0 Å². The summed E-state index contributed by atoms with van der Waals surface area (Å²) in [6.45, 7) is 0. The molecule has 0 radical (unpaired) electrons. The minimum Gasteiger partial charge on any atom is -0.454 e. The van der Waals surface area contributed by atoms with E-state index < -0.39 is 0 Å². The highest BCUT2D eigenvalue weighted by Crippen LogP contribution is 2.41. The molecule has 4 heterocycles. The summed E-state index contributed by atoms with van der Waals surface area (Å²) in [5, 5.41) is 6.45. The average molecular weight is 578 g/mol. The van der Waals surface area contributed by atoms with E-state index in [0.717, 1.165) is 77.2 Å². The fraction of sp³-hybridized carbons (Fsp3) is 0. The molecule has 0 unspecified atom stereocenters.